The van der Waals surface area contributed by atoms with Gasteiger partial charge in [0.05, 0.1) is 6.10 Å². The average Bonchev–Trinajstić information content (AvgIpc) is 2.27. The molecule has 0 radical (unpaired) electrons. The van der Waals surface area contributed by atoms with Gasteiger partial charge in [0.2, 0.25) is 0 Å². The molecule has 2 atom stereocenters. The molecule has 1 aliphatic rings. The van der Waals surface area contributed by atoms with E-state index in [9.17, 15) is 5.11 Å². The van der Waals surface area contributed by atoms with Gasteiger partial charge in [0.15, 0.2) is 0 Å². The van der Waals surface area contributed by atoms with Crippen molar-refractivity contribution in [2.24, 2.45) is 11.3 Å². The van der Waals surface area contributed by atoms with E-state index >= 15 is 0 Å². The lowest BCUT2D eigenvalue weighted by molar-refractivity contribution is 0.125. The SMILES string of the molecule is C[C@H](O)CN1CCCC(C(C)(C)C)CC1. The Hall–Kier alpha value is -0.0800. The van der Waals surface area contributed by atoms with E-state index < -0.39 is 0 Å². The standard InChI is InChI=1S/C13H27NO/c1-11(15)10-14-8-5-6-12(7-9-14)13(2,3)4/h11-12,15H,5-10H2,1-4H3/t11-,12?/m0/s1. The van der Waals surface area contributed by atoms with Crippen molar-refractivity contribution in [2.75, 3.05) is 19.6 Å². The molecule has 0 aromatic heterocycles. The molecule has 0 amide bonds. The van der Waals surface area contributed by atoms with Gasteiger partial charge in [0.25, 0.3) is 0 Å². The van der Waals surface area contributed by atoms with Crippen LogP contribution in [0.2, 0.25) is 0 Å². The molecule has 1 aliphatic heterocycles. The third-order valence-corrected chi connectivity index (χ3v) is 3.57. The van der Waals surface area contributed by atoms with Gasteiger partial charge in [-0.15, -0.1) is 0 Å². The smallest absolute Gasteiger partial charge is 0.0639 e. The highest BCUT2D eigenvalue weighted by molar-refractivity contribution is 4.79. The van der Waals surface area contributed by atoms with E-state index in [0.717, 1.165) is 25.6 Å². The van der Waals surface area contributed by atoms with Crippen molar-refractivity contribution in [3.8, 4) is 0 Å². The second-order valence-electron chi connectivity index (χ2n) is 6.14. The topological polar surface area (TPSA) is 23.5 Å². The highest BCUT2D eigenvalue weighted by atomic mass is 16.3. The Morgan fingerprint density at radius 1 is 1.27 bits per heavy atom. The molecule has 0 aromatic rings. The predicted molar refractivity (Wildman–Crippen MR) is 64.9 cm³/mol. The molecule has 0 saturated carbocycles. The number of aliphatic hydroxyl groups is 1. The quantitative estimate of drug-likeness (QED) is 0.762. The van der Waals surface area contributed by atoms with E-state index in [-0.39, 0.29) is 6.10 Å². The first kappa shape index (κ1) is 13.0. The maximum Gasteiger partial charge on any atom is 0.0639 e. The van der Waals surface area contributed by atoms with Crippen molar-refractivity contribution < 1.29 is 5.11 Å². The van der Waals surface area contributed by atoms with Crippen molar-refractivity contribution >= 4 is 0 Å². The van der Waals surface area contributed by atoms with E-state index in [1.165, 1.54) is 19.3 Å². The van der Waals surface area contributed by atoms with Gasteiger partial charge in [-0.25, -0.2) is 0 Å². The largest absolute Gasteiger partial charge is 0.392 e. The maximum absolute atomic E-state index is 9.38. The molecular formula is C13H27NO. The van der Waals surface area contributed by atoms with Crippen molar-refractivity contribution in [1.82, 2.24) is 4.90 Å². The summed E-state index contributed by atoms with van der Waals surface area (Å²) in [6.07, 6.45) is 3.74. The molecule has 1 heterocycles. The highest BCUT2D eigenvalue weighted by Crippen LogP contribution is 2.34. The Bertz CT molecular complexity index is 183. The van der Waals surface area contributed by atoms with Crippen LogP contribution in [0, 0.1) is 11.3 Å². The fraction of sp³-hybridized carbons (Fsp3) is 1.00. The van der Waals surface area contributed by atoms with Crippen LogP contribution in [0.3, 0.4) is 0 Å². The summed E-state index contributed by atoms with van der Waals surface area (Å²) < 4.78 is 0. The Labute approximate surface area is 94.7 Å². The molecule has 2 nitrogen and oxygen atoms in total. The number of hydrogen-bond donors (Lipinski definition) is 1. The molecule has 90 valence electrons. The van der Waals surface area contributed by atoms with Crippen molar-refractivity contribution in [2.45, 2.75) is 53.1 Å². The highest BCUT2D eigenvalue weighted by Gasteiger charge is 2.27. The van der Waals surface area contributed by atoms with Gasteiger partial charge in [-0.3, -0.25) is 0 Å². The lowest BCUT2D eigenvalue weighted by atomic mass is 9.77. The normalized spacial score (nSPS) is 27.4. The first-order chi connectivity index (χ1) is 6.89. The van der Waals surface area contributed by atoms with Crippen LogP contribution in [0.4, 0.5) is 0 Å². The molecule has 1 rings (SSSR count). The van der Waals surface area contributed by atoms with E-state index in [2.05, 4.69) is 25.7 Å². The lowest BCUT2D eigenvalue weighted by Gasteiger charge is -2.30. The zero-order valence-corrected chi connectivity index (χ0v) is 10.8. The van der Waals surface area contributed by atoms with Gasteiger partial charge < -0.3 is 10.0 Å². The summed E-state index contributed by atoms with van der Waals surface area (Å²) in [5.41, 5.74) is 0.445. The summed E-state index contributed by atoms with van der Waals surface area (Å²) in [4.78, 5) is 2.41. The van der Waals surface area contributed by atoms with Gasteiger partial charge in [0, 0.05) is 6.54 Å². The van der Waals surface area contributed by atoms with Gasteiger partial charge in [-0.1, -0.05) is 20.8 Å². The van der Waals surface area contributed by atoms with Gasteiger partial charge in [-0.2, -0.15) is 0 Å². The van der Waals surface area contributed by atoms with Gasteiger partial charge in [0.1, 0.15) is 0 Å². The van der Waals surface area contributed by atoms with E-state index in [4.69, 9.17) is 0 Å². The van der Waals surface area contributed by atoms with Crippen LogP contribution in [0.5, 0.6) is 0 Å². The minimum Gasteiger partial charge on any atom is -0.392 e. The number of nitrogens with zero attached hydrogens (tertiary/aromatic N) is 1. The zero-order chi connectivity index (χ0) is 11.5. The van der Waals surface area contributed by atoms with Crippen LogP contribution in [0.1, 0.15) is 47.0 Å². The first-order valence-electron chi connectivity index (χ1n) is 6.30. The molecule has 1 saturated heterocycles. The fourth-order valence-corrected chi connectivity index (χ4v) is 2.58. The molecule has 0 spiro atoms. The van der Waals surface area contributed by atoms with Crippen LogP contribution < -0.4 is 0 Å². The number of rotatable bonds is 2. The molecule has 2 heteroatoms. The monoisotopic (exact) mass is 213 g/mol. The molecule has 0 aliphatic carbocycles. The number of aliphatic hydroxyl groups excluding tert-OH is 1. The molecule has 15 heavy (non-hydrogen) atoms. The first-order valence-corrected chi connectivity index (χ1v) is 6.30. The van der Waals surface area contributed by atoms with Crippen LogP contribution in [-0.2, 0) is 0 Å². The van der Waals surface area contributed by atoms with E-state index in [0.29, 0.717) is 5.41 Å². The van der Waals surface area contributed by atoms with Crippen molar-refractivity contribution in [3.05, 3.63) is 0 Å². The zero-order valence-electron chi connectivity index (χ0n) is 10.8. The fourth-order valence-electron chi connectivity index (χ4n) is 2.58. The molecule has 1 unspecified atom stereocenters. The Morgan fingerprint density at radius 3 is 2.47 bits per heavy atom. The summed E-state index contributed by atoms with van der Waals surface area (Å²) in [7, 11) is 0. The third kappa shape index (κ3) is 4.52. The number of hydrogen-bond acceptors (Lipinski definition) is 2. The second kappa shape index (κ2) is 5.31. The Kier molecular flexibility index (Phi) is 4.60. The summed E-state index contributed by atoms with van der Waals surface area (Å²) in [5, 5.41) is 9.38. The van der Waals surface area contributed by atoms with Crippen molar-refractivity contribution in [3.63, 3.8) is 0 Å². The van der Waals surface area contributed by atoms with E-state index in [1.807, 2.05) is 6.92 Å². The summed E-state index contributed by atoms with van der Waals surface area (Å²) in [6, 6.07) is 0. The average molecular weight is 213 g/mol. The Morgan fingerprint density at radius 2 is 1.93 bits per heavy atom. The predicted octanol–water partition coefficient (Wildman–Crippen LogP) is 2.52. The van der Waals surface area contributed by atoms with Gasteiger partial charge >= 0.3 is 0 Å². The number of β-amino-alcohol motifs (C(OH)–C–C–N with tert-alkyl or cyclic N) is 1. The summed E-state index contributed by atoms with van der Waals surface area (Å²) in [5.74, 6) is 0.844. The van der Waals surface area contributed by atoms with Gasteiger partial charge in [-0.05, 0) is 50.6 Å². The lowest BCUT2D eigenvalue weighted by Crippen LogP contribution is -2.32. The maximum atomic E-state index is 9.38. The van der Waals surface area contributed by atoms with Crippen LogP contribution in [0.15, 0.2) is 0 Å². The molecular weight excluding hydrogens is 186 g/mol. The van der Waals surface area contributed by atoms with Crippen LogP contribution in [-0.4, -0.2) is 35.7 Å². The summed E-state index contributed by atoms with van der Waals surface area (Å²) in [6.45, 7) is 12.1. The number of likely N-dealkylation sites (tertiary alicyclic amines) is 1. The molecule has 0 bridgehead atoms. The van der Waals surface area contributed by atoms with Crippen LogP contribution in [0.25, 0.3) is 0 Å². The van der Waals surface area contributed by atoms with Crippen molar-refractivity contribution in [1.29, 1.82) is 0 Å². The Balaban J connectivity index is 2.42. The minimum atomic E-state index is -0.184. The minimum absolute atomic E-state index is 0.184. The third-order valence-electron chi connectivity index (χ3n) is 3.57. The molecule has 1 fully saturated rings. The van der Waals surface area contributed by atoms with E-state index in [1.54, 1.807) is 0 Å². The molecule has 0 aromatic carbocycles. The van der Waals surface area contributed by atoms with Crippen LogP contribution >= 0.6 is 0 Å². The summed E-state index contributed by atoms with van der Waals surface area (Å²) >= 11 is 0. The molecule has 1 N–H and O–H groups in total. The second-order valence-corrected chi connectivity index (χ2v) is 6.14.